The van der Waals surface area contributed by atoms with Crippen LogP contribution in [0.4, 0.5) is 0 Å². The Kier molecular flexibility index (Phi) is 6.21. The van der Waals surface area contributed by atoms with Gasteiger partial charge in [0, 0.05) is 47.1 Å². The van der Waals surface area contributed by atoms with Crippen LogP contribution in [0.15, 0.2) is 48.7 Å². The number of carbonyl (C=O) groups is 1. The number of aromatic nitrogens is 1. The van der Waals surface area contributed by atoms with Crippen molar-refractivity contribution in [2.75, 3.05) is 13.2 Å². The standard InChI is InChI=1S/C24H29ClN2O2/c25-20-6-4-19(5-7-20)23(29)27(21-8-9-21)17-18-10-12-24(13-11-18,14-16-28)22-3-1-2-15-26-22/h1-7,15,18,21,28H,8-14,16-17H2. The molecule has 2 aliphatic rings. The largest absolute Gasteiger partial charge is 0.396 e. The van der Waals surface area contributed by atoms with Crippen LogP contribution in [-0.2, 0) is 5.41 Å². The average Bonchev–Trinajstić information content (AvgIpc) is 3.59. The number of amides is 1. The normalized spacial score (nSPS) is 24.3. The molecule has 1 aromatic carbocycles. The number of benzene rings is 1. The average molecular weight is 413 g/mol. The molecule has 4 rings (SSSR count). The van der Waals surface area contributed by atoms with Crippen molar-refractivity contribution in [1.82, 2.24) is 9.88 Å². The molecule has 0 bridgehead atoms. The summed E-state index contributed by atoms with van der Waals surface area (Å²) in [6, 6.07) is 13.7. The second kappa shape index (κ2) is 8.85. The predicted octanol–water partition coefficient (Wildman–Crippen LogP) is 4.85. The van der Waals surface area contributed by atoms with E-state index in [4.69, 9.17) is 11.6 Å². The molecule has 29 heavy (non-hydrogen) atoms. The van der Waals surface area contributed by atoms with Crippen LogP contribution in [-0.4, -0.2) is 40.1 Å². The van der Waals surface area contributed by atoms with Gasteiger partial charge in [0.1, 0.15) is 0 Å². The van der Waals surface area contributed by atoms with E-state index in [1.165, 1.54) is 0 Å². The summed E-state index contributed by atoms with van der Waals surface area (Å²) in [5.74, 6) is 0.628. The van der Waals surface area contributed by atoms with Crippen molar-refractivity contribution in [3.63, 3.8) is 0 Å². The second-order valence-corrected chi connectivity index (χ2v) is 9.04. The molecule has 2 saturated carbocycles. The quantitative estimate of drug-likeness (QED) is 0.707. The van der Waals surface area contributed by atoms with Crippen molar-refractivity contribution in [3.05, 3.63) is 64.9 Å². The first-order valence-electron chi connectivity index (χ1n) is 10.7. The van der Waals surface area contributed by atoms with E-state index in [1.807, 2.05) is 30.5 Å². The topological polar surface area (TPSA) is 53.4 Å². The number of nitrogens with zero attached hydrogens (tertiary/aromatic N) is 2. The summed E-state index contributed by atoms with van der Waals surface area (Å²) in [4.78, 5) is 19.8. The van der Waals surface area contributed by atoms with Gasteiger partial charge in [-0.3, -0.25) is 9.78 Å². The fourth-order valence-electron chi connectivity index (χ4n) is 4.76. The van der Waals surface area contributed by atoms with Gasteiger partial charge in [0.25, 0.3) is 5.91 Å². The molecule has 2 aliphatic carbocycles. The summed E-state index contributed by atoms with van der Waals surface area (Å²) < 4.78 is 0. The smallest absolute Gasteiger partial charge is 0.254 e. The summed E-state index contributed by atoms with van der Waals surface area (Å²) in [7, 11) is 0. The van der Waals surface area contributed by atoms with Crippen molar-refractivity contribution in [1.29, 1.82) is 0 Å². The lowest BCUT2D eigenvalue weighted by Gasteiger charge is -2.41. The van der Waals surface area contributed by atoms with Gasteiger partial charge in [-0.25, -0.2) is 0 Å². The Morgan fingerprint density at radius 2 is 1.83 bits per heavy atom. The Morgan fingerprint density at radius 3 is 2.41 bits per heavy atom. The molecule has 2 aromatic rings. The maximum Gasteiger partial charge on any atom is 0.254 e. The van der Waals surface area contributed by atoms with E-state index in [1.54, 1.807) is 12.1 Å². The van der Waals surface area contributed by atoms with E-state index in [0.29, 0.717) is 17.0 Å². The molecule has 0 saturated heterocycles. The van der Waals surface area contributed by atoms with Gasteiger partial charge in [0.15, 0.2) is 0 Å². The number of halogens is 1. The molecule has 0 unspecified atom stereocenters. The lowest BCUT2D eigenvalue weighted by atomic mass is 9.66. The SMILES string of the molecule is O=C(c1ccc(Cl)cc1)N(CC1CCC(CCO)(c2ccccn2)CC1)C1CC1. The molecule has 4 nitrogen and oxygen atoms in total. The first-order valence-corrected chi connectivity index (χ1v) is 11.1. The Bertz CT molecular complexity index is 813. The number of aliphatic hydroxyl groups is 1. The van der Waals surface area contributed by atoms with Gasteiger partial charge < -0.3 is 10.0 Å². The molecule has 0 atom stereocenters. The van der Waals surface area contributed by atoms with Crippen LogP contribution >= 0.6 is 11.6 Å². The summed E-state index contributed by atoms with van der Waals surface area (Å²) in [6.07, 6.45) is 8.98. The molecule has 0 spiro atoms. The van der Waals surface area contributed by atoms with Crippen LogP contribution in [0.25, 0.3) is 0 Å². The van der Waals surface area contributed by atoms with Gasteiger partial charge in [-0.05, 0) is 87.3 Å². The van der Waals surface area contributed by atoms with Gasteiger partial charge >= 0.3 is 0 Å². The number of hydrogen-bond acceptors (Lipinski definition) is 3. The predicted molar refractivity (Wildman–Crippen MR) is 115 cm³/mol. The second-order valence-electron chi connectivity index (χ2n) is 8.61. The molecule has 0 aliphatic heterocycles. The summed E-state index contributed by atoms with van der Waals surface area (Å²) >= 11 is 5.98. The minimum atomic E-state index is -0.0306. The van der Waals surface area contributed by atoms with Crippen molar-refractivity contribution >= 4 is 17.5 Å². The Morgan fingerprint density at radius 1 is 1.10 bits per heavy atom. The van der Waals surface area contributed by atoms with Gasteiger partial charge in [-0.2, -0.15) is 0 Å². The molecule has 1 amide bonds. The fourth-order valence-corrected chi connectivity index (χ4v) is 4.88. The maximum absolute atomic E-state index is 13.1. The van der Waals surface area contributed by atoms with E-state index in [2.05, 4.69) is 16.0 Å². The van der Waals surface area contributed by atoms with Crippen LogP contribution in [0, 0.1) is 5.92 Å². The molecular weight excluding hydrogens is 384 g/mol. The molecule has 5 heteroatoms. The van der Waals surface area contributed by atoms with Crippen molar-refractivity contribution in [2.45, 2.75) is 56.4 Å². The van der Waals surface area contributed by atoms with E-state index in [9.17, 15) is 9.90 Å². The monoisotopic (exact) mass is 412 g/mol. The highest BCUT2D eigenvalue weighted by Crippen LogP contribution is 2.44. The van der Waals surface area contributed by atoms with Crippen molar-refractivity contribution in [2.24, 2.45) is 5.92 Å². The molecule has 2 fully saturated rings. The van der Waals surface area contributed by atoms with E-state index < -0.39 is 0 Å². The van der Waals surface area contributed by atoms with Crippen LogP contribution in [0.2, 0.25) is 5.02 Å². The third kappa shape index (κ3) is 4.65. The van der Waals surface area contributed by atoms with Gasteiger partial charge in [0.05, 0.1) is 0 Å². The molecule has 1 N–H and O–H groups in total. The van der Waals surface area contributed by atoms with Crippen molar-refractivity contribution in [3.8, 4) is 0 Å². The first kappa shape index (κ1) is 20.4. The molecular formula is C24H29ClN2O2. The van der Waals surface area contributed by atoms with Crippen LogP contribution in [0.5, 0.6) is 0 Å². The molecule has 1 aromatic heterocycles. The Labute approximate surface area is 177 Å². The van der Waals surface area contributed by atoms with Gasteiger partial charge in [-0.1, -0.05) is 17.7 Å². The summed E-state index contributed by atoms with van der Waals surface area (Å²) in [6.45, 7) is 1.01. The maximum atomic E-state index is 13.1. The van der Waals surface area contributed by atoms with Gasteiger partial charge in [0.2, 0.25) is 0 Å². The third-order valence-electron chi connectivity index (χ3n) is 6.66. The summed E-state index contributed by atoms with van der Waals surface area (Å²) in [5.41, 5.74) is 1.79. The number of aliphatic hydroxyl groups excluding tert-OH is 1. The minimum Gasteiger partial charge on any atom is -0.396 e. The summed E-state index contributed by atoms with van der Waals surface area (Å²) in [5, 5.41) is 10.3. The zero-order valence-electron chi connectivity index (χ0n) is 16.8. The van der Waals surface area contributed by atoms with Crippen LogP contribution < -0.4 is 0 Å². The van der Waals surface area contributed by atoms with E-state index >= 15 is 0 Å². The van der Waals surface area contributed by atoms with E-state index in [0.717, 1.165) is 62.7 Å². The minimum absolute atomic E-state index is 0.0306. The number of hydrogen-bond donors (Lipinski definition) is 1. The zero-order chi connectivity index (χ0) is 20.3. The molecule has 1 heterocycles. The van der Waals surface area contributed by atoms with Crippen LogP contribution in [0.1, 0.15) is 61.0 Å². The lowest BCUT2D eigenvalue weighted by molar-refractivity contribution is 0.0675. The van der Waals surface area contributed by atoms with Crippen LogP contribution in [0.3, 0.4) is 0 Å². The number of rotatable bonds is 7. The first-order chi connectivity index (χ1) is 14.1. The number of carbonyl (C=O) groups excluding carboxylic acids is 1. The molecule has 0 radical (unpaired) electrons. The zero-order valence-corrected chi connectivity index (χ0v) is 17.5. The third-order valence-corrected chi connectivity index (χ3v) is 6.91. The number of pyridine rings is 1. The highest BCUT2D eigenvalue weighted by Gasteiger charge is 2.40. The van der Waals surface area contributed by atoms with Crippen molar-refractivity contribution < 1.29 is 9.90 Å². The highest BCUT2D eigenvalue weighted by atomic mass is 35.5. The highest BCUT2D eigenvalue weighted by molar-refractivity contribution is 6.30. The fraction of sp³-hybridized carbons (Fsp3) is 0.500. The lowest BCUT2D eigenvalue weighted by Crippen LogP contribution is -2.41. The van der Waals surface area contributed by atoms with Gasteiger partial charge in [-0.15, -0.1) is 0 Å². The Hall–Kier alpha value is -1.91. The molecule has 154 valence electrons. The van der Waals surface area contributed by atoms with E-state index in [-0.39, 0.29) is 17.9 Å². The Balaban J connectivity index is 1.43.